The summed E-state index contributed by atoms with van der Waals surface area (Å²) in [7, 11) is 0. The SMILES string of the molecule is CCN1CCC[C@H]1CN=Cc1c(O)n(-c2cc(C)ccc2C)c(=O)c2ccccc12. The minimum atomic E-state index is -0.220. The summed E-state index contributed by atoms with van der Waals surface area (Å²) in [4.78, 5) is 20.4. The molecular formula is C25H29N3O2. The van der Waals surface area contributed by atoms with Crippen molar-refractivity contribution in [1.82, 2.24) is 9.47 Å². The first-order valence-corrected chi connectivity index (χ1v) is 10.7. The Balaban J connectivity index is 1.84. The molecule has 1 N–H and O–H groups in total. The van der Waals surface area contributed by atoms with Crippen molar-refractivity contribution >= 4 is 17.0 Å². The summed E-state index contributed by atoms with van der Waals surface area (Å²) in [6.07, 6.45) is 4.10. The highest BCUT2D eigenvalue weighted by Gasteiger charge is 2.22. The lowest BCUT2D eigenvalue weighted by atomic mass is 10.1. The number of rotatable bonds is 5. The van der Waals surface area contributed by atoms with Crippen molar-refractivity contribution in [1.29, 1.82) is 0 Å². The minimum Gasteiger partial charge on any atom is -0.494 e. The molecule has 5 heteroatoms. The van der Waals surface area contributed by atoms with Crippen LogP contribution in [-0.4, -0.2) is 46.5 Å². The summed E-state index contributed by atoms with van der Waals surface area (Å²) in [6.45, 7) is 8.97. The molecule has 1 aliphatic heterocycles. The topological polar surface area (TPSA) is 57.8 Å². The number of aromatic hydroxyl groups is 1. The first kappa shape index (κ1) is 20.4. The van der Waals surface area contributed by atoms with Crippen molar-refractivity contribution in [2.24, 2.45) is 4.99 Å². The predicted octanol–water partition coefficient (Wildman–Crippen LogP) is 4.22. The number of aliphatic imine (C=N–C) groups is 1. The zero-order valence-corrected chi connectivity index (χ0v) is 17.9. The van der Waals surface area contributed by atoms with Crippen LogP contribution < -0.4 is 5.56 Å². The Morgan fingerprint density at radius 3 is 2.70 bits per heavy atom. The number of aromatic nitrogens is 1. The molecule has 0 unspecified atom stereocenters. The number of nitrogens with zero attached hydrogens (tertiary/aromatic N) is 3. The van der Waals surface area contributed by atoms with Gasteiger partial charge in [0.1, 0.15) is 0 Å². The van der Waals surface area contributed by atoms with Crippen LogP contribution in [0.25, 0.3) is 16.5 Å². The fourth-order valence-corrected chi connectivity index (χ4v) is 4.46. The van der Waals surface area contributed by atoms with Crippen LogP contribution in [0.3, 0.4) is 0 Å². The lowest BCUT2D eigenvalue weighted by Gasteiger charge is -2.20. The lowest BCUT2D eigenvalue weighted by molar-refractivity contribution is 0.273. The molecule has 2 heterocycles. The van der Waals surface area contributed by atoms with Crippen molar-refractivity contribution in [3.05, 3.63) is 69.5 Å². The number of fused-ring (bicyclic) bond motifs is 1. The molecule has 0 spiro atoms. The second kappa shape index (κ2) is 8.44. The molecule has 156 valence electrons. The number of pyridine rings is 1. The van der Waals surface area contributed by atoms with Crippen LogP contribution in [0.4, 0.5) is 0 Å². The molecule has 1 aliphatic rings. The number of benzene rings is 2. The monoisotopic (exact) mass is 403 g/mol. The Kier molecular flexibility index (Phi) is 5.73. The van der Waals surface area contributed by atoms with E-state index in [-0.39, 0.29) is 11.4 Å². The van der Waals surface area contributed by atoms with Crippen LogP contribution in [0.2, 0.25) is 0 Å². The van der Waals surface area contributed by atoms with E-state index in [1.165, 1.54) is 11.0 Å². The first-order valence-electron chi connectivity index (χ1n) is 10.7. The van der Waals surface area contributed by atoms with E-state index in [0.29, 0.717) is 29.2 Å². The Hall–Kier alpha value is -2.92. The molecule has 2 aromatic carbocycles. The molecular weight excluding hydrogens is 374 g/mol. The molecule has 0 aliphatic carbocycles. The summed E-state index contributed by atoms with van der Waals surface area (Å²) in [6, 6.07) is 13.8. The standard InChI is InChI=1S/C25H29N3O2/c1-4-27-13-7-8-19(27)15-26-16-22-20-9-5-6-10-21(20)24(29)28(25(22)30)23-14-17(2)11-12-18(23)3/h5-6,9-12,14,16,19,30H,4,7-8,13,15H2,1-3H3/t19-/m0/s1. The molecule has 30 heavy (non-hydrogen) atoms. The van der Waals surface area contributed by atoms with E-state index in [0.717, 1.165) is 36.0 Å². The predicted molar refractivity (Wildman–Crippen MR) is 123 cm³/mol. The molecule has 0 radical (unpaired) electrons. The van der Waals surface area contributed by atoms with Crippen molar-refractivity contribution in [3.63, 3.8) is 0 Å². The Morgan fingerprint density at radius 1 is 1.17 bits per heavy atom. The third-order valence-electron chi connectivity index (χ3n) is 6.15. The van der Waals surface area contributed by atoms with Gasteiger partial charge in [-0.05, 0) is 63.0 Å². The smallest absolute Gasteiger partial charge is 0.265 e. The van der Waals surface area contributed by atoms with Crippen LogP contribution in [0, 0.1) is 13.8 Å². The summed E-state index contributed by atoms with van der Waals surface area (Å²) in [5.41, 5.74) is 3.03. The van der Waals surface area contributed by atoms with E-state index < -0.39 is 0 Å². The summed E-state index contributed by atoms with van der Waals surface area (Å²) >= 11 is 0. The maximum Gasteiger partial charge on any atom is 0.265 e. The van der Waals surface area contributed by atoms with Crippen LogP contribution in [0.1, 0.15) is 36.5 Å². The van der Waals surface area contributed by atoms with Crippen LogP contribution >= 0.6 is 0 Å². The lowest BCUT2D eigenvalue weighted by Crippen LogP contribution is -2.31. The van der Waals surface area contributed by atoms with Crippen molar-refractivity contribution in [2.45, 2.75) is 39.7 Å². The van der Waals surface area contributed by atoms with Gasteiger partial charge < -0.3 is 5.11 Å². The quantitative estimate of drug-likeness (QED) is 0.649. The summed E-state index contributed by atoms with van der Waals surface area (Å²) in [5.74, 6) is -0.0603. The van der Waals surface area contributed by atoms with E-state index in [4.69, 9.17) is 4.99 Å². The van der Waals surface area contributed by atoms with Gasteiger partial charge >= 0.3 is 0 Å². The van der Waals surface area contributed by atoms with Gasteiger partial charge in [-0.3, -0.25) is 14.7 Å². The summed E-state index contributed by atoms with van der Waals surface area (Å²) < 4.78 is 1.42. The van der Waals surface area contributed by atoms with Gasteiger partial charge in [0.05, 0.1) is 17.8 Å². The maximum absolute atomic E-state index is 13.3. The highest BCUT2D eigenvalue weighted by Crippen LogP contribution is 2.28. The molecule has 5 nitrogen and oxygen atoms in total. The fraction of sp³-hybridized carbons (Fsp3) is 0.360. The molecule has 0 amide bonds. The molecule has 1 fully saturated rings. The molecule has 1 aromatic heterocycles. The van der Waals surface area contributed by atoms with E-state index in [1.54, 1.807) is 6.21 Å². The van der Waals surface area contributed by atoms with E-state index in [2.05, 4.69) is 11.8 Å². The van der Waals surface area contributed by atoms with Crippen molar-refractivity contribution < 1.29 is 5.11 Å². The van der Waals surface area contributed by atoms with Gasteiger partial charge in [0.25, 0.3) is 5.56 Å². The Morgan fingerprint density at radius 2 is 1.93 bits per heavy atom. The largest absolute Gasteiger partial charge is 0.494 e. The number of aryl methyl sites for hydroxylation is 2. The molecule has 0 saturated carbocycles. The maximum atomic E-state index is 13.3. The second-order valence-electron chi connectivity index (χ2n) is 8.13. The van der Waals surface area contributed by atoms with Crippen LogP contribution in [0.5, 0.6) is 5.88 Å². The normalized spacial score (nSPS) is 17.4. The van der Waals surface area contributed by atoms with E-state index in [1.807, 2.05) is 56.3 Å². The molecule has 1 saturated heterocycles. The molecule has 4 rings (SSSR count). The number of likely N-dealkylation sites (N-methyl/N-ethyl adjacent to an activating group) is 1. The first-order chi connectivity index (χ1) is 14.5. The Bertz CT molecular complexity index is 1160. The van der Waals surface area contributed by atoms with E-state index in [9.17, 15) is 9.90 Å². The summed E-state index contributed by atoms with van der Waals surface area (Å²) in [5, 5.41) is 12.5. The fourth-order valence-electron chi connectivity index (χ4n) is 4.46. The van der Waals surface area contributed by atoms with Gasteiger partial charge in [0.2, 0.25) is 5.88 Å². The molecule has 0 bridgehead atoms. The number of likely N-dealkylation sites (tertiary alicyclic amines) is 1. The molecule has 3 aromatic rings. The van der Waals surface area contributed by atoms with Gasteiger partial charge in [-0.25, -0.2) is 4.57 Å². The molecule has 1 atom stereocenters. The average Bonchev–Trinajstić information content (AvgIpc) is 3.20. The third-order valence-corrected chi connectivity index (χ3v) is 6.15. The van der Waals surface area contributed by atoms with Gasteiger partial charge in [0.15, 0.2) is 0 Å². The zero-order chi connectivity index (χ0) is 21.3. The van der Waals surface area contributed by atoms with Crippen molar-refractivity contribution in [3.8, 4) is 11.6 Å². The minimum absolute atomic E-state index is 0.0603. The third kappa shape index (κ3) is 3.65. The zero-order valence-electron chi connectivity index (χ0n) is 17.9. The van der Waals surface area contributed by atoms with Gasteiger partial charge in [-0.2, -0.15) is 0 Å². The van der Waals surface area contributed by atoms with Crippen molar-refractivity contribution in [2.75, 3.05) is 19.6 Å². The van der Waals surface area contributed by atoms with E-state index >= 15 is 0 Å². The number of hydrogen-bond acceptors (Lipinski definition) is 4. The van der Waals surface area contributed by atoms with Gasteiger partial charge in [0, 0.05) is 23.0 Å². The average molecular weight is 404 g/mol. The highest BCUT2D eigenvalue weighted by atomic mass is 16.3. The second-order valence-corrected chi connectivity index (χ2v) is 8.13. The Labute approximate surface area is 177 Å². The van der Waals surface area contributed by atoms with Crippen LogP contribution in [0.15, 0.2) is 52.3 Å². The number of hydrogen-bond donors (Lipinski definition) is 1. The van der Waals surface area contributed by atoms with Gasteiger partial charge in [-0.15, -0.1) is 0 Å². The highest BCUT2D eigenvalue weighted by molar-refractivity contribution is 6.01. The van der Waals surface area contributed by atoms with Crippen LogP contribution in [-0.2, 0) is 0 Å². The van der Waals surface area contributed by atoms with Gasteiger partial charge in [-0.1, -0.05) is 37.3 Å².